The number of rotatable bonds is 6. The molecule has 2 heterocycles. The molecule has 1 aliphatic carbocycles. The summed E-state index contributed by atoms with van der Waals surface area (Å²) in [7, 11) is 0. The van der Waals surface area contributed by atoms with Crippen molar-refractivity contribution in [3.05, 3.63) is 53.4 Å². The number of likely N-dealkylation sites (tertiary alicyclic amines) is 1. The molecule has 7 nitrogen and oxygen atoms in total. The van der Waals surface area contributed by atoms with Gasteiger partial charge in [0.25, 0.3) is 11.8 Å². The average Bonchev–Trinajstić information content (AvgIpc) is 3.44. The molecule has 1 saturated heterocycles. The number of hydrogen-bond donors (Lipinski definition) is 2. The minimum atomic E-state index is -3.94. The van der Waals surface area contributed by atoms with E-state index in [1.54, 1.807) is 30.3 Å². The van der Waals surface area contributed by atoms with E-state index in [0.29, 0.717) is 36.3 Å². The highest BCUT2D eigenvalue weighted by Gasteiger charge is 2.65. The van der Waals surface area contributed by atoms with Crippen molar-refractivity contribution in [2.45, 2.75) is 83.9 Å². The van der Waals surface area contributed by atoms with Crippen molar-refractivity contribution in [2.24, 2.45) is 10.8 Å². The van der Waals surface area contributed by atoms with Crippen LogP contribution < -0.4 is 5.32 Å². The van der Waals surface area contributed by atoms with Crippen LogP contribution in [0.4, 0.5) is 8.78 Å². The van der Waals surface area contributed by atoms with Crippen molar-refractivity contribution in [2.75, 3.05) is 6.54 Å². The standard InChI is InChI=1S/C27H35F2N3O4/c1-24(2)15-25(3,4)17-26(35,16-24)27(28,29)23(34)32-12-8-11-21(32)20-13-19(36-31-20)14-30-22(33)18-9-6-5-7-10-18/h5-7,9-10,13,21,35H,8,11-12,14-17H2,1-4H3,(H,30,33)/t21-/m0/s1. The predicted octanol–water partition coefficient (Wildman–Crippen LogP) is 4.87. The molecular formula is C27H35F2N3O4. The molecule has 4 rings (SSSR count). The van der Waals surface area contributed by atoms with Gasteiger partial charge in [-0.1, -0.05) is 51.1 Å². The second-order valence-corrected chi connectivity index (χ2v) is 11.9. The fourth-order valence-corrected chi connectivity index (χ4v) is 6.41. The SMILES string of the molecule is CC1(C)CC(C)(C)CC(O)(C(F)(F)C(=O)N2CCC[C@H]2c2cc(CNC(=O)c3ccccc3)on2)C1. The zero-order valence-electron chi connectivity index (χ0n) is 21.3. The maximum absolute atomic E-state index is 15.8. The lowest BCUT2D eigenvalue weighted by Gasteiger charge is -2.51. The molecule has 0 spiro atoms. The quantitative estimate of drug-likeness (QED) is 0.586. The van der Waals surface area contributed by atoms with Crippen LogP contribution in [-0.2, 0) is 11.3 Å². The number of carbonyl (C=O) groups excluding carboxylic acids is 2. The Labute approximate surface area is 210 Å². The molecule has 1 aliphatic heterocycles. The zero-order chi connectivity index (χ0) is 26.4. The number of alkyl halides is 2. The molecule has 2 N–H and O–H groups in total. The largest absolute Gasteiger partial charge is 0.383 e. The number of nitrogens with one attached hydrogen (secondary N) is 1. The number of halogens is 2. The van der Waals surface area contributed by atoms with E-state index in [2.05, 4.69) is 10.5 Å². The molecule has 2 aliphatic rings. The van der Waals surface area contributed by atoms with E-state index in [-0.39, 0.29) is 31.8 Å². The zero-order valence-corrected chi connectivity index (χ0v) is 21.3. The third kappa shape index (κ3) is 5.16. The van der Waals surface area contributed by atoms with E-state index in [1.165, 1.54) is 0 Å². The van der Waals surface area contributed by atoms with Crippen molar-refractivity contribution in [1.82, 2.24) is 15.4 Å². The van der Waals surface area contributed by atoms with Gasteiger partial charge < -0.3 is 19.8 Å². The molecule has 1 aromatic carbocycles. The van der Waals surface area contributed by atoms with E-state index >= 15 is 8.78 Å². The summed E-state index contributed by atoms with van der Waals surface area (Å²) in [6, 6.07) is 9.60. The molecule has 2 aromatic rings. The summed E-state index contributed by atoms with van der Waals surface area (Å²) in [5.41, 5.74) is -2.64. The molecule has 0 unspecified atom stereocenters. The van der Waals surface area contributed by atoms with Crippen molar-refractivity contribution >= 4 is 11.8 Å². The minimum Gasteiger partial charge on any atom is -0.383 e. The first-order chi connectivity index (χ1) is 16.7. The molecule has 0 bridgehead atoms. The van der Waals surface area contributed by atoms with Gasteiger partial charge >= 0.3 is 5.92 Å². The summed E-state index contributed by atoms with van der Waals surface area (Å²) >= 11 is 0. The maximum atomic E-state index is 15.8. The van der Waals surface area contributed by atoms with E-state index in [4.69, 9.17) is 4.52 Å². The maximum Gasteiger partial charge on any atom is 0.352 e. The van der Waals surface area contributed by atoms with E-state index in [0.717, 1.165) is 4.90 Å². The molecule has 36 heavy (non-hydrogen) atoms. The van der Waals surface area contributed by atoms with E-state index in [1.807, 2.05) is 33.8 Å². The Morgan fingerprint density at radius 2 is 1.78 bits per heavy atom. The predicted molar refractivity (Wildman–Crippen MR) is 129 cm³/mol. The van der Waals surface area contributed by atoms with Gasteiger partial charge in [-0.15, -0.1) is 0 Å². The van der Waals surface area contributed by atoms with Gasteiger partial charge in [-0.2, -0.15) is 8.78 Å². The normalized spacial score (nSPS) is 22.9. The molecule has 9 heteroatoms. The van der Waals surface area contributed by atoms with Gasteiger partial charge in [-0.3, -0.25) is 9.59 Å². The summed E-state index contributed by atoms with van der Waals surface area (Å²) in [5, 5.41) is 18.0. The number of benzene rings is 1. The fourth-order valence-electron chi connectivity index (χ4n) is 6.41. The first-order valence-electron chi connectivity index (χ1n) is 12.4. The Kier molecular flexibility index (Phi) is 6.75. The van der Waals surface area contributed by atoms with Gasteiger partial charge in [0, 0.05) is 18.2 Å². The lowest BCUT2D eigenvalue weighted by atomic mass is 9.58. The Hall–Kier alpha value is -2.81. The van der Waals surface area contributed by atoms with E-state index < -0.39 is 34.3 Å². The Balaban J connectivity index is 1.48. The molecular weight excluding hydrogens is 468 g/mol. The topological polar surface area (TPSA) is 95.7 Å². The van der Waals surface area contributed by atoms with Crippen LogP contribution in [0.1, 0.15) is 87.7 Å². The summed E-state index contributed by atoms with van der Waals surface area (Å²) in [6.07, 6.45) is 1.36. The molecule has 0 radical (unpaired) electrons. The van der Waals surface area contributed by atoms with Crippen molar-refractivity contribution in [3.8, 4) is 0 Å². The number of aromatic nitrogens is 1. The Morgan fingerprint density at radius 1 is 1.14 bits per heavy atom. The highest BCUT2D eigenvalue weighted by Crippen LogP contribution is 2.55. The summed E-state index contributed by atoms with van der Waals surface area (Å²) in [6.45, 7) is 7.63. The van der Waals surface area contributed by atoms with Crippen LogP contribution in [0.2, 0.25) is 0 Å². The minimum absolute atomic E-state index is 0.0709. The Bertz CT molecular complexity index is 1100. The first kappa shape index (κ1) is 26.3. The number of aliphatic hydroxyl groups is 1. The first-order valence-corrected chi connectivity index (χ1v) is 12.4. The second kappa shape index (κ2) is 9.25. The van der Waals surface area contributed by atoms with Gasteiger partial charge in [0.2, 0.25) is 0 Å². The molecule has 2 fully saturated rings. The van der Waals surface area contributed by atoms with Crippen LogP contribution in [0.3, 0.4) is 0 Å². The third-order valence-electron chi connectivity index (χ3n) is 7.24. The van der Waals surface area contributed by atoms with Crippen LogP contribution in [0.15, 0.2) is 40.9 Å². The molecule has 1 saturated carbocycles. The van der Waals surface area contributed by atoms with Crippen molar-refractivity contribution in [1.29, 1.82) is 0 Å². The van der Waals surface area contributed by atoms with Gasteiger partial charge in [-0.05, 0) is 55.1 Å². The van der Waals surface area contributed by atoms with Crippen LogP contribution >= 0.6 is 0 Å². The van der Waals surface area contributed by atoms with Crippen LogP contribution in [0.5, 0.6) is 0 Å². The molecule has 1 aromatic heterocycles. The van der Waals surface area contributed by atoms with Gasteiger partial charge in [-0.25, -0.2) is 0 Å². The van der Waals surface area contributed by atoms with Gasteiger partial charge in [0.15, 0.2) is 5.76 Å². The number of carbonyl (C=O) groups is 2. The fraction of sp³-hybridized carbons (Fsp3) is 0.593. The molecule has 196 valence electrons. The Morgan fingerprint density at radius 3 is 2.42 bits per heavy atom. The van der Waals surface area contributed by atoms with E-state index in [9.17, 15) is 14.7 Å². The van der Waals surface area contributed by atoms with Crippen molar-refractivity contribution < 1.29 is 28.0 Å². The molecule has 2 amide bonds. The number of amides is 2. The number of nitrogens with zero attached hydrogens (tertiary/aromatic N) is 2. The smallest absolute Gasteiger partial charge is 0.352 e. The number of hydrogen-bond acceptors (Lipinski definition) is 5. The lowest BCUT2D eigenvalue weighted by molar-refractivity contribution is -0.231. The van der Waals surface area contributed by atoms with Crippen LogP contribution in [0, 0.1) is 10.8 Å². The summed E-state index contributed by atoms with van der Waals surface area (Å²) in [4.78, 5) is 26.6. The third-order valence-corrected chi connectivity index (χ3v) is 7.24. The lowest BCUT2D eigenvalue weighted by Crippen LogP contribution is -2.62. The highest BCUT2D eigenvalue weighted by molar-refractivity contribution is 5.94. The van der Waals surface area contributed by atoms with Crippen LogP contribution in [-0.4, -0.2) is 45.0 Å². The van der Waals surface area contributed by atoms with Crippen molar-refractivity contribution in [3.63, 3.8) is 0 Å². The second-order valence-electron chi connectivity index (χ2n) is 11.9. The van der Waals surface area contributed by atoms with Crippen LogP contribution in [0.25, 0.3) is 0 Å². The summed E-state index contributed by atoms with van der Waals surface area (Å²) < 4.78 is 36.8. The highest BCUT2D eigenvalue weighted by atomic mass is 19.3. The molecule has 1 atom stereocenters. The summed E-state index contributed by atoms with van der Waals surface area (Å²) in [5.74, 6) is -5.24. The van der Waals surface area contributed by atoms with Gasteiger partial charge in [0.05, 0.1) is 12.6 Å². The van der Waals surface area contributed by atoms with Gasteiger partial charge in [0.1, 0.15) is 11.3 Å². The monoisotopic (exact) mass is 503 g/mol. The average molecular weight is 504 g/mol.